The molecule has 4 aromatic carbocycles. The molecule has 4 nitrogen and oxygen atoms in total. The van der Waals surface area contributed by atoms with Crippen molar-refractivity contribution >= 4 is 21.8 Å². The standard InChI is InChI=1S/C29H28N2O2/c1-22-11-2-7-17-27(22)32-20-9-8-19-31-26-16-6-5-15-25(26)30-29(31)21-33-28-18-10-13-23-12-3-4-14-24(23)28/h2-7,10-18H,8-9,19-21H2,1H3. The number of para-hydroxylation sites is 3. The van der Waals surface area contributed by atoms with Gasteiger partial charge in [0.1, 0.15) is 23.9 Å². The zero-order chi connectivity index (χ0) is 22.5. The molecule has 0 saturated heterocycles. The van der Waals surface area contributed by atoms with Crippen LogP contribution < -0.4 is 9.47 Å². The average Bonchev–Trinajstić information content (AvgIpc) is 3.21. The molecule has 0 saturated carbocycles. The molecule has 0 N–H and O–H groups in total. The maximum Gasteiger partial charge on any atom is 0.147 e. The summed E-state index contributed by atoms with van der Waals surface area (Å²) in [6, 6.07) is 30.9. The number of fused-ring (bicyclic) bond motifs is 2. The fraction of sp³-hybridized carbons (Fsp3) is 0.207. The molecule has 1 heterocycles. The molecular weight excluding hydrogens is 408 g/mol. The van der Waals surface area contributed by atoms with Crippen LogP contribution in [0.15, 0.2) is 91.0 Å². The molecule has 33 heavy (non-hydrogen) atoms. The molecule has 0 bridgehead atoms. The maximum atomic E-state index is 6.27. The van der Waals surface area contributed by atoms with E-state index in [1.807, 2.05) is 48.5 Å². The lowest BCUT2D eigenvalue weighted by Gasteiger charge is -2.13. The molecule has 0 spiro atoms. The number of ether oxygens (including phenoxy) is 2. The van der Waals surface area contributed by atoms with Crippen molar-refractivity contribution in [3.63, 3.8) is 0 Å². The van der Waals surface area contributed by atoms with Crippen LogP contribution in [-0.2, 0) is 13.2 Å². The number of imidazole rings is 1. The predicted octanol–water partition coefficient (Wildman–Crippen LogP) is 6.94. The van der Waals surface area contributed by atoms with E-state index in [9.17, 15) is 0 Å². The van der Waals surface area contributed by atoms with Gasteiger partial charge < -0.3 is 14.0 Å². The molecule has 1 aromatic heterocycles. The average molecular weight is 437 g/mol. The summed E-state index contributed by atoms with van der Waals surface area (Å²) in [4.78, 5) is 4.87. The number of rotatable bonds is 9. The minimum atomic E-state index is 0.433. The van der Waals surface area contributed by atoms with Crippen molar-refractivity contribution < 1.29 is 9.47 Å². The Kier molecular flexibility index (Phi) is 6.25. The third-order valence-corrected chi connectivity index (χ3v) is 5.97. The van der Waals surface area contributed by atoms with Crippen LogP contribution in [0.4, 0.5) is 0 Å². The third-order valence-electron chi connectivity index (χ3n) is 5.97. The molecule has 166 valence electrons. The minimum Gasteiger partial charge on any atom is -0.493 e. The largest absolute Gasteiger partial charge is 0.493 e. The van der Waals surface area contributed by atoms with Gasteiger partial charge in [-0.2, -0.15) is 0 Å². The van der Waals surface area contributed by atoms with Crippen molar-refractivity contribution in [2.75, 3.05) is 6.61 Å². The first-order chi connectivity index (χ1) is 16.3. The highest BCUT2D eigenvalue weighted by Crippen LogP contribution is 2.26. The number of aromatic nitrogens is 2. The second-order valence-corrected chi connectivity index (χ2v) is 8.26. The molecule has 0 aliphatic carbocycles. The van der Waals surface area contributed by atoms with Crippen LogP contribution in [-0.4, -0.2) is 16.2 Å². The third kappa shape index (κ3) is 4.70. The van der Waals surface area contributed by atoms with Crippen molar-refractivity contribution in [1.29, 1.82) is 0 Å². The molecule has 5 aromatic rings. The Balaban J connectivity index is 1.27. The summed E-state index contributed by atoms with van der Waals surface area (Å²) in [7, 11) is 0. The van der Waals surface area contributed by atoms with Crippen molar-refractivity contribution in [3.05, 3.63) is 102 Å². The van der Waals surface area contributed by atoms with Gasteiger partial charge in [0.05, 0.1) is 17.6 Å². The summed E-state index contributed by atoms with van der Waals surface area (Å²) in [6.45, 7) is 4.10. The van der Waals surface area contributed by atoms with Gasteiger partial charge in [-0.25, -0.2) is 4.98 Å². The molecule has 0 unspecified atom stereocenters. The SMILES string of the molecule is Cc1ccccc1OCCCCn1c(COc2cccc3ccccc23)nc2ccccc21. The van der Waals surface area contributed by atoms with Crippen LogP contribution in [0.1, 0.15) is 24.2 Å². The van der Waals surface area contributed by atoms with E-state index in [-0.39, 0.29) is 0 Å². The van der Waals surface area contributed by atoms with Crippen molar-refractivity contribution in [2.24, 2.45) is 0 Å². The van der Waals surface area contributed by atoms with Crippen LogP contribution in [0, 0.1) is 6.92 Å². The molecule has 0 fully saturated rings. The molecule has 0 amide bonds. The maximum absolute atomic E-state index is 6.27. The first-order valence-corrected chi connectivity index (χ1v) is 11.5. The zero-order valence-electron chi connectivity index (χ0n) is 18.9. The highest BCUT2D eigenvalue weighted by atomic mass is 16.5. The van der Waals surface area contributed by atoms with Gasteiger partial charge in [-0.1, -0.05) is 66.7 Å². The molecule has 4 heteroatoms. The number of hydrogen-bond donors (Lipinski definition) is 0. The van der Waals surface area contributed by atoms with Crippen LogP contribution in [0.3, 0.4) is 0 Å². The topological polar surface area (TPSA) is 36.3 Å². The van der Waals surface area contributed by atoms with Crippen LogP contribution >= 0.6 is 0 Å². The van der Waals surface area contributed by atoms with Crippen LogP contribution in [0.25, 0.3) is 21.8 Å². The molecule has 0 aliphatic heterocycles. The first-order valence-electron chi connectivity index (χ1n) is 11.5. The molecule has 0 atom stereocenters. The monoisotopic (exact) mass is 436 g/mol. The van der Waals surface area contributed by atoms with E-state index in [1.54, 1.807) is 0 Å². The van der Waals surface area contributed by atoms with Crippen molar-refractivity contribution in [3.8, 4) is 11.5 Å². The number of unbranched alkanes of at least 4 members (excludes halogenated alkanes) is 1. The summed E-state index contributed by atoms with van der Waals surface area (Å²) in [5.74, 6) is 2.80. The van der Waals surface area contributed by atoms with Gasteiger partial charge in [0.15, 0.2) is 0 Å². The number of benzene rings is 4. The van der Waals surface area contributed by atoms with Gasteiger partial charge in [0, 0.05) is 11.9 Å². The Labute approximate surface area is 194 Å². The Hall–Kier alpha value is -3.79. The smallest absolute Gasteiger partial charge is 0.147 e. The Morgan fingerprint density at radius 1 is 0.727 bits per heavy atom. The highest BCUT2D eigenvalue weighted by molar-refractivity contribution is 5.88. The summed E-state index contributed by atoms with van der Waals surface area (Å²) in [5, 5.41) is 2.30. The van der Waals surface area contributed by atoms with Crippen molar-refractivity contribution in [2.45, 2.75) is 32.9 Å². The van der Waals surface area contributed by atoms with E-state index >= 15 is 0 Å². The zero-order valence-corrected chi connectivity index (χ0v) is 18.9. The Bertz CT molecular complexity index is 1370. The van der Waals surface area contributed by atoms with E-state index in [0.29, 0.717) is 13.2 Å². The normalized spacial score (nSPS) is 11.2. The summed E-state index contributed by atoms with van der Waals surface area (Å²) in [6.07, 6.45) is 1.98. The predicted molar refractivity (Wildman–Crippen MR) is 134 cm³/mol. The lowest BCUT2D eigenvalue weighted by Crippen LogP contribution is -2.09. The van der Waals surface area contributed by atoms with E-state index in [4.69, 9.17) is 14.5 Å². The lowest BCUT2D eigenvalue weighted by atomic mass is 10.1. The van der Waals surface area contributed by atoms with Crippen LogP contribution in [0.2, 0.25) is 0 Å². The van der Waals surface area contributed by atoms with Crippen molar-refractivity contribution in [1.82, 2.24) is 9.55 Å². The lowest BCUT2D eigenvalue weighted by molar-refractivity contribution is 0.287. The van der Waals surface area contributed by atoms with Gasteiger partial charge in [-0.15, -0.1) is 0 Å². The Morgan fingerprint density at radius 2 is 1.48 bits per heavy atom. The second kappa shape index (κ2) is 9.78. The summed E-state index contributed by atoms with van der Waals surface area (Å²) in [5.41, 5.74) is 3.32. The molecule has 0 radical (unpaired) electrons. The fourth-order valence-electron chi connectivity index (χ4n) is 4.22. The highest BCUT2D eigenvalue weighted by Gasteiger charge is 2.12. The number of aryl methyl sites for hydroxylation is 2. The quantitative estimate of drug-likeness (QED) is 0.235. The summed E-state index contributed by atoms with van der Waals surface area (Å²) < 4.78 is 14.5. The van der Waals surface area contributed by atoms with Gasteiger partial charge >= 0.3 is 0 Å². The molecule has 5 rings (SSSR count). The summed E-state index contributed by atoms with van der Waals surface area (Å²) >= 11 is 0. The van der Waals surface area contributed by atoms with Gasteiger partial charge in [-0.3, -0.25) is 0 Å². The Morgan fingerprint density at radius 3 is 2.42 bits per heavy atom. The van der Waals surface area contributed by atoms with E-state index in [2.05, 4.69) is 54.0 Å². The number of nitrogens with zero attached hydrogens (tertiary/aromatic N) is 2. The molecule has 0 aliphatic rings. The van der Waals surface area contributed by atoms with Gasteiger partial charge in [0.25, 0.3) is 0 Å². The van der Waals surface area contributed by atoms with Crippen LogP contribution in [0.5, 0.6) is 11.5 Å². The number of hydrogen-bond acceptors (Lipinski definition) is 3. The first kappa shape index (κ1) is 21.1. The van der Waals surface area contributed by atoms with Gasteiger partial charge in [0.2, 0.25) is 0 Å². The van der Waals surface area contributed by atoms with E-state index < -0.39 is 0 Å². The minimum absolute atomic E-state index is 0.433. The molecular formula is C29H28N2O2. The second-order valence-electron chi connectivity index (χ2n) is 8.26. The van der Waals surface area contributed by atoms with Gasteiger partial charge in [-0.05, 0) is 55.0 Å². The van der Waals surface area contributed by atoms with E-state index in [1.165, 1.54) is 10.9 Å². The fourth-order valence-corrected chi connectivity index (χ4v) is 4.22. The van der Waals surface area contributed by atoms with E-state index in [0.717, 1.165) is 53.1 Å².